The van der Waals surface area contributed by atoms with E-state index in [2.05, 4.69) is 51.3 Å². The Bertz CT molecular complexity index is 674. The van der Waals surface area contributed by atoms with E-state index >= 15 is 0 Å². The van der Waals surface area contributed by atoms with Crippen molar-refractivity contribution in [3.63, 3.8) is 0 Å². The molecule has 1 amide bonds. The summed E-state index contributed by atoms with van der Waals surface area (Å²) in [6.07, 6.45) is 0. The van der Waals surface area contributed by atoms with Gasteiger partial charge in [-0.3, -0.25) is 14.5 Å². The predicted molar refractivity (Wildman–Crippen MR) is 116 cm³/mol. The van der Waals surface area contributed by atoms with E-state index in [9.17, 15) is 9.59 Å². The molecule has 29 heavy (non-hydrogen) atoms. The molecule has 7 nitrogen and oxygen atoms in total. The number of esters is 1. The third-order valence-electron chi connectivity index (χ3n) is 5.21. The van der Waals surface area contributed by atoms with Gasteiger partial charge in [-0.25, -0.2) is 0 Å². The van der Waals surface area contributed by atoms with Crippen molar-refractivity contribution in [1.82, 2.24) is 15.1 Å². The number of ether oxygens (including phenoxy) is 1. The molecule has 1 fully saturated rings. The molecule has 1 heterocycles. The molecule has 2 rings (SSSR count). The first-order valence-corrected chi connectivity index (χ1v) is 10.2. The van der Waals surface area contributed by atoms with Crippen molar-refractivity contribution in [3.05, 3.63) is 29.8 Å². The molecule has 0 saturated carbocycles. The molecule has 162 valence electrons. The number of carbonyl (C=O) groups is 2. The fraction of sp³-hybridized carbons (Fsp3) is 0.636. The van der Waals surface area contributed by atoms with Crippen LogP contribution < -0.4 is 10.2 Å². The molecule has 0 unspecified atom stereocenters. The van der Waals surface area contributed by atoms with E-state index in [1.54, 1.807) is 20.8 Å². The number of hydrogen-bond acceptors (Lipinski definition) is 6. The van der Waals surface area contributed by atoms with Gasteiger partial charge >= 0.3 is 5.97 Å². The highest BCUT2D eigenvalue weighted by Gasteiger charge is 2.26. The van der Waals surface area contributed by atoms with Gasteiger partial charge in [0.2, 0.25) is 0 Å². The van der Waals surface area contributed by atoms with Gasteiger partial charge in [0.15, 0.2) is 6.61 Å². The van der Waals surface area contributed by atoms with Gasteiger partial charge in [-0.05, 0) is 45.5 Å². The zero-order chi connectivity index (χ0) is 21.6. The Balaban J connectivity index is 2.02. The van der Waals surface area contributed by atoms with Crippen LogP contribution in [0, 0.1) is 5.41 Å². The SMILES string of the molecule is CN1CCN([C@@H](CNC(=O)COC(=O)C(C)(C)C)c2ccc(N(C)C)cc2)CC1. The van der Waals surface area contributed by atoms with E-state index in [1.165, 1.54) is 5.56 Å². The monoisotopic (exact) mass is 404 g/mol. The summed E-state index contributed by atoms with van der Waals surface area (Å²) in [6.45, 7) is 9.46. The van der Waals surface area contributed by atoms with Gasteiger partial charge in [0.25, 0.3) is 5.91 Å². The molecule has 0 aliphatic carbocycles. The van der Waals surface area contributed by atoms with Gasteiger partial charge in [0.05, 0.1) is 11.5 Å². The molecule has 0 spiro atoms. The van der Waals surface area contributed by atoms with Gasteiger partial charge in [0, 0.05) is 52.5 Å². The van der Waals surface area contributed by atoms with Crippen LogP contribution >= 0.6 is 0 Å². The number of likely N-dealkylation sites (N-methyl/N-ethyl adjacent to an activating group) is 1. The average Bonchev–Trinajstić information content (AvgIpc) is 2.67. The minimum Gasteiger partial charge on any atom is -0.455 e. The van der Waals surface area contributed by atoms with Crippen LogP contribution in [0.3, 0.4) is 0 Å². The Hall–Kier alpha value is -2.12. The highest BCUT2D eigenvalue weighted by Crippen LogP contribution is 2.24. The first-order valence-electron chi connectivity index (χ1n) is 10.2. The van der Waals surface area contributed by atoms with Gasteiger partial charge in [-0.1, -0.05) is 12.1 Å². The second-order valence-electron chi connectivity index (χ2n) is 8.97. The van der Waals surface area contributed by atoms with Crippen molar-refractivity contribution in [2.45, 2.75) is 26.8 Å². The van der Waals surface area contributed by atoms with Crippen molar-refractivity contribution in [1.29, 1.82) is 0 Å². The molecule has 0 aromatic heterocycles. The highest BCUT2D eigenvalue weighted by atomic mass is 16.5. The second kappa shape index (κ2) is 10.1. The Morgan fingerprint density at radius 1 is 1.10 bits per heavy atom. The minimum atomic E-state index is -0.614. The summed E-state index contributed by atoms with van der Waals surface area (Å²) in [5.74, 6) is -0.644. The molecule has 1 saturated heterocycles. The number of amides is 1. The number of hydrogen-bond donors (Lipinski definition) is 1. The Morgan fingerprint density at radius 2 is 1.69 bits per heavy atom. The topological polar surface area (TPSA) is 65.1 Å². The fourth-order valence-electron chi connectivity index (χ4n) is 3.20. The fourth-order valence-corrected chi connectivity index (χ4v) is 3.20. The van der Waals surface area contributed by atoms with E-state index in [-0.39, 0.29) is 24.5 Å². The van der Waals surface area contributed by atoms with Crippen molar-refractivity contribution in [2.75, 3.05) is 65.4 Å². The second-order valence-corrected chi connectivity index (χ2v) is 8.97. The lowest BCUT2D eigenvalue weighted by molar-refractivity contribution is -0.156. The van der Waals surface area contributed by atoms with Crippen LogP contribution in [0.15, 0.2) is 24.3 Å². The van der Waals surface area contributed by atoms with Crippen molar-refractivity contribution in [3.8, 4) is 0 Å². The first kappa shape index (κ1) is 23.2. The van der Waals surface area contributed by atoms with Crippen molar-refractivity contribution >= 4 is 17.6 Å². The summed E-state index contributed by atoms with van der Waals surface area (Å²) in [6, 6.07) is 8.55. The number of rotatable bonds is 7. The lowest BCUT2D eigenvalue weighted by Gasteiger charge is -2.38. The lowest BCUT2D eigenvalue weighted by atomic mass is 9.97. The van der Waals surface area contributed by atoms with Crippen LogP contribution in [-0.4, -0.2) is 82.1 Å². The molecule has 1 aromatic carbocycles. The van der Waals surface area contributed by atoms with E-state index in [4.69, 9.17) is 4.74 Å². The zero-order valence-electron chi connectivity index (χ0n) is 18.7. The third kappa shape index (κ3) is 7.01. The van der Waals surface area contributed by atoms with Crippen LogP contribution in [0.1, 0.15) is 32.4 Å². The lowest BCUT2D eigenvalue weighted by Crippen LogP contribution is -2.48. The molecule has 0 bridgehead atoms. The van der Waals surface area contributed by atoms with Crippen molar-refractivity contribution < 1.29 is 14.3 Å². The smallest absolute Gasteiger partial charge is 0.311 e. The van der Waals surface area contributed by atoms with Crippen molar-refractivity contribution in [2.24, 2.45) is 5.41 Å². The number of carbonyl (C=O) groups excluding carboxylic acids is 2. The molecule has 0 radical (unpaired) electrons. The van der Waals surface area contributed by atoms with Crippen LogP contribution in [0.25, 0.3) is 0 Å². The molecule has 7 heteroatoms. The first-order chi connectivity index (χ1) is 13.6. The maximum Gasteiger partial charge on any atom is 0.311 e. The Kier molecular flexibility index (Phi) is 8.05. The number of benzene rings is 1. The van der Waals surface area contributed by atoms with E-state index < -0.39 is 5.41 Å². The van der Waals surface area contributed by atoms with Gasteiger partial charge in [-0.2, -0.15) is 0 Å². The molecule has 1 aliphatic rings. The Labute approximate surface area is 175 Å². The van der Waals surface area contributed by atoms with E-state index in [0.29, 0.717) is 6.54 Å². The number of nitrogens with one attached hydrogen (secondary N) is 1. The summed E-state index contributed by atoms with van der Waals surface area (Å²) in [5, 5.41) is 2.95. The van der Waals surface area contributed by atoms with Gasteiger partial charge in [-0.15, -0.1) is 0 Å². The molecule has 1 aliphatic heterocycles. The summed E-state index contributed by atoms with van der Waals surface area (Å²) in [4.78, 5) is 30.9. The molecule has 1 atom stereocenters. The quantitative estimate of drug-likeness (QED) is 0.699. The maximum absolute atomic E-state index is 12.3. The Morgan fingerprint density at radius 3 is 2.21 bits per heavy atom. The summed E-state index contributed by atoms with van der Waals surface area (Å²) < 4.78 is 5.13. The number of piperazine rings is 1. The summed E-state index contributed by atoms with van der Waals surface area (Å²) in [5.41, 5.74) is 1.70. The summed E-state index contributed by atoms with van der Waals surface area (Å²) in [7, 11) is 6.17. The van der Waals surface area contributed by atoms with Gasteiger partial charge in [0.1, 0.15) is 0 Å². The standard InChI is InChI=1S/C22H36N4O3/c1-22(2,3)21(28)29-16-20(27)23-15-19(26-13-11-25(6)12-14-26)17-7-9-18(10-8-17)24(4)5/h7-10,19H,11-16H2,1-6H3,(H,23,27)/t19-/m0/s1. The zero-order valence-corrected chi connectivity index (χ0v) is 18.7. The largest absolute Gasteiger partial charge is 0.455 e. The average molecular weight is 405 g/mol. The molecule has 1 N–H and O–H groups in total. The molecule has 1 aromatic rings. The van der Waals surface area contributed by atoms with Gasteiger partial charge < -0.3 is 19.9 Å². The van der Waals surface area contributed by atoms with E-state index in [1.807, 2.05) is 14.1 Å². The third-order valence-corrected chi connectivity index (χ3v) is 5.21. The van der Waals surface area contributed by atoms with Crippen LogP contribution in [0.4, 0.5) is 5.69 Å². The van der Waals surface area contributed by atoms with E-state index in [0.717, 1.165) is 31.9 Å². The highest BCUT2D eigenvalue weighted by molar-refractivity contribution is 5.82. The van der Waals surface area contributed by atoms with Crippen LogP contribution in [-0.2, 0) is 14.3 Å². The number of nitrogens with zero attached hydrogens (tertiary/aromatic N) is 3. The van der Waals surface area contributed by atoms with Crippen LogP contribution in [0.5, 0.6) is 0 Å². The summed E-state index contributed by atoms with van der Waals surface area (Å²) >= 11 is 0. The number of anilines is 1. The maximum atomic E-state index is 12.3. The van der Waals surface area contributed by atoms with Crippen LogP contribution in [0.2, 0.25) is 0 Å². The minimum absolute atomic E-state index is 0.0854. The normalized spacial score (nSPS) is 16.9. The predicted octanol–water partition coefficient (Wildman–Crippen LogP) is 1.75. The molecular formula is C22H36N4O3. The molecular weight excluding hydrogens is 368 g/mol.